The van der Waals surface area contributed by atoms with E-state index in [0.717, 1.165) is 25.9 Å². The van der Waals surface area contributed by atoms with Crippen LogP contribution in [0.4, 0.5) is 8.78 Å². The van der Waals surface area contributed by atoms with E-state index in [1.54, 1.807) is 24.1 Å². The lowest BCUT2D eigenvalue weighted by atomic mass is 10.0. The van der Waals surface area contributed by atoms with Gasteiger partial charge in [0.05, 0.1) is 5.56 Å². The minimum absolute atomic E-state index is 0. The van der Waals surface area contributed by atoms with E-state index < -0.39 is 6.61 Å². The summed E-state index contributed by atoms with van der Waals surface area (Å²) in [5, 5.41) is 3.22. The highest BCUT2D eigenvalue weighted by atomic mass is 35.5. The lowest BCUT2D eigenvalue weighted by Gasteiger charge is -2.32. The van der Waals surface area contributed by atoms with Gasteiger partial charge in [0.1, 0.15) is 5.75 Å². The SMILES string of the molecule is CN(C(=O)c1ccccc1OC(F)F)[C@@H]1CCCNC1.Cl. The van der Waals surface area contributed by atoms with Crippen molar-refractivity contribution in [2.45, 2.75) is 25.5 Å². The van der Waals surface area contributed by atoms with Crippen molar-refractivity contribution < 1.29 is 18.3 Å². The molecule has 1 aliphatic rings. The number of alkyl halides is 2. The van der Waals surface area contributed by atoms with E-state index in [4.69, 9.17) is 0 Å². The Labute approximate surface area is 128 Å². The summed E-state index contributed by atoms with van der Waals surface area (Å²) >= 11 is 0. The average Bonchev–Trinajstić information content (AvgIpc) is 2.46. The van der Waals surface area contributed by atoms with Crippen LogP contribution in [0.25, 0.3) is 0 Å². The van der Waals surface area contributed by atoms with Crippen LogP contribution in [0.2, 0.25) is 0 Å². The molecule has 118 valence electrons. The van der Waals surface area contributed by atoms with Gasteiger partial charge in [-0.2, -0.15) is 8.78 Å². The van der Waals surface area contributed by atoms with E-state index in [0.29, 0.717) is 0 Å². The number of halogens is 3. The van der Waals surface area contributed by atoms with Crippen LogP contribution in [0.3, 0.4) is 0 Å². The third-order valence-corrected chi connectivity index (χ3v) is 3.47. The zero-order valence-electron chi connectivity index (χ0n) is 11.7. The van der Waals surface area contributed by atoms with Gasteiger partial charge in [-0.1, -0.05) is 12.1 Å². The topological polar surface area (TPSA) is 41.6 Å². The maximum Gasteiger partial charge on any atom is 0.387 e. The number of carbonyl (C=O) groups excluding carboxylic acids is 1. The van der Waals surface area contributed by atoms with Gasteiger partial charge < -0.3 is 15.0 Å². The smallest absolute Gasteiger partial charge is 0.387 e. The lowest BCUT2D eigenvalue weighted by molar-refractivity contribution is -0.0503. The molecule has 1 N–H and O–H groups in total. The minimum Gasteiger partial charge on any atom is -0.434 e. The van der Waals surface area contributed by atoms with E-state index in [2.05, 4.69) is 10.1 Å². The van der Waals surface area contributed by atoms with Crippen molar-refractivity contribution in [3.05, 3.63) is 29.8 Å². The van der Waals surface area contributed by atoms with Crippen LogP contribution >= 0.6 is 12.4 Å². The molecule has 0 radical (unpaired) electrons. The van der Waals surface area contributed by atoms with E-state index in [-0.39, 0.29) is 35.7 Å². The summed E-state index contributed by atoms with van der Waals surface area (Å²) < 4.78 is 29.1. The molecule has 0 spiro atoms. The summed E-state index contributed by atoms with van der Waals surface area (Å²) in [6.45, 7) is -1.27. The number of hydrogen-bond donors (Lipinski definition) is 1. The molecule has 0 saturated carbocycles. The zero-order chi connectivity index (χ0) is 14.5. The molecule has 0 aromatic heterocycles. The van der Waals surface area contributed by atoms with Crippen molar-refractivity contribution in [2.75, 3.05) is 20.1 Å². The summed E-state index contributed by atoms with van der Waals surface area (Å²) in [7, 11) is 1.69. The van der Waals surface area contributed by atoms with Gasteiger partial charge in [0.15, 0.2) is 0 Å². The van der Waals surface area contributed by atoms with Gasteiger partial charge in [-0.15, -0.1) is 12.4 Å². The Hall–Kier alpha value is -1.40. The number of ether oxygens (including phenoxy) is 1. The van der Waals surface area contributed by atoms with Gasteiger partial charge in [-0.25, -0.2) is 0 Å². The van der Waals surface area contributed by atoms with Gasteiger partial charge in [0, 0.05) is 19.6 Å². The number of likely N-dealkylation sites (N-methyl/N-ethyl adjacent to an activating group) is 1. The molecule has 0 bridgehead atoms. The van der Waals surface area contributed by atoms with Gasteiger partial charge >= 0.3 is 6.61 Å². The number of benzene rings is 1. The second kappa shape index (κ2) is 8.14. The Morgan fingerprint density at radius 1 is 1.43 bits per heavy atom. The quantitative estimate of drug-likeness (QED) is 0.927. The fraction of sp³-hybridized carbons (Fsp3) is 0.500. The molecule has 1 saturated heterocycles. The number of rotatable bonds is 4. The fourth-order valence-corrected chi connectivity index (χ4v) is 2.36. The van der Waals surface area contributed by atoms with Crippen LogP contribution in [0.15, 0.2) is 24.3 Å². The van der Waals surface area contributed by atoms with Gasteiger partial charge in [0.25, 0.3) is 5.91 Å². The molecule has 4 nitrogen and oxygen atoms in total. The van der Waals surface area contributed by atoms with Crippen LogP contribution in [-0.2, 0) is 0 Å². The maximum absolute atomic E-state index is 12.4. The highest BCUT2D eigenvalue weighted by molar-refractivity contribution is 5.97. The molecule has 7 heteroatoms. The molecule has 1 atom stereocenters. The molecule has 1 fully saturated rings. The highest BCUT2D eigenvalue weighted by Gasteiger charge is 2.25. The molecular formula is C14H19ClF2N2O2. The minimum atomic E-state index is -2.94. The van der Waals surface area contributed by atoms with E-state index in [9.17, 15) is 13.6 Å². The van der Waals surface area contributed by atoms with Gasteiger partial charge in [-0.3, -0.25) is 4.79 Å². The van der Waals surface area contributed by atoms with E-state index >= 15 is 0 Å². The molecule has 0 aliphatic carbocycles. The third kappa shape index (κ3) is 4.54. The van der Waals surface area contributed by atoms with Crippen LogP contribution in [-0.4, -0.2) is 43.6 Å². The molecular weight excluding hydrogens is 302 g/mol. The monoisotopic (exact) mass is 320 g/mol. The first kappa shape index (κ1) is 17.7. The first-order valence-corrected chi connectivity index (χ1v) is 6.61. The zero-order valence-corrected chi connectivity index (χ0v) is 12.5. The third-order valence-electron chi connectivity index (χ3n) is 3.47. The summed E-state index contributed by atoms with van der Waals surface area (Å²) in [5.74, 6) is -0.377. The summed E-state index contributed by atoms with van der Waals surface area (Å²) in [6.07, 6.45) is 1.91. The normalized spacial score (nSPS) is 18.0. The Balaban J connectivity index is 0.00000220. The standard InChI is InChI=1S/C14H18F2N2O2.ClH/c1-18(10-5-4-8-17-9-10)13(19)11-6-2-3-7-12(11)20-14(15)16;/h2-3,6-7,10,14,17H,4-5,8-9H2,1H3;1H/t10-;/m1./s1. The average molecular weight is 321 g/mol. The Bertz CT molecular complexity index is 468. The molecule has 1 aromatic carbocycles. The second-order valence-electron chi connectivity index (χ2n) is 4.79. The largest absolute Gasteiger partial charge is 0.434 e. The molecule has 1 heterocycles. The van der Waals surface area contributed by atoms with Gasteiger partial charge in [-0.05, 0) is 31.5 Å². The van der Waals surface area contributed by atoms with E-state index in [1.165, 1.54) is 12.1 Å². The molecule has 1 aromatic rings. The van der Waals surface area contributed by atoms with Crippen molar-refractivity contribution in [3.8, 4) is 5.75 Å². The molecule has 2 rings (SSSR count). The van der Waals surface area contributed by atoms with Crippen molar-refractivity contribution in [3.63, 3.8) is 0 Å². The number of nitrogens with one attached hydrogen (secondary N) is 1. The van der Waals surface area contributed by atoms with Crippen LogP contribution in [0, 0.1) is 0 Å². The molecule has 21 heavy (non-hydrogen) atoms. The van der Waals surface area contributed by atoms with Crippen LogP contribution < -0.4 is 10.1 Å². The number of para-hydroxylation sites is 1. The lowest BCUT2D eigenvalue weighted by Crippen LogP contribution is -2.46. The number of hydrogen-bond acceptors (Lipinski definition) is 3. The first-order valence-electron chi connectivity index (χ1n) is 6.61. The molecule has 1 amide bonds. The predicted molar refractivity (Wildman–Crippen MR) is 78.3 cm³/mol. The second-order valence-corrected chi connectivity index (χ2v) is 4.79. The summed E-state index contributed by atoms with van der Waals surface area (Å²) in [6, 6.07) is 6.17. The number of amides is 1. The number of carbonyl (C=O) groups is 1. The van der Waals surface area contributed by atoms with E-state index in [1.807, 2.05) is 0 Å². The Morgan fingerprint density at radius 2 is 2.14 bits per heavy atom. The number of nitrogens with zero attached hydrogens (tertiary/aromatic N) is 1. The van der Waals surface area contributed by atoms with Crippen LogP contribution in [0.1, 0.15) is 23.2 Å². The first-order chi connectivity index (χ1) is 9.59. The summed E-state index contributed by atoms with van der Waals surface area (Å²) in [5.41, 5.74) is 0.167. The van der Waals surface area contributed by atoms with Crippen molar-refractivity contribution >= 4 is 18.3 Å². The molecule has 0 unspecified atom stereocenters. The van der Waals surface area contributed by atoms with Crippen molar-refractivity contribution in [1.82, 2.24) is 10.2 Å². The van der Waals surface area contributed by atoms with Crippen LogP contribution in [0.5, 0.6) is 5.75 Å². The summed E-state index contributed by atoms with van der Waals surface area (Å²) in [4.78, 5) is 14.0. The Morgan fingerprint density at radius 3 is 2.76 bits per heavy atom. The van der Waals surface area contributed by atoms with Crippen molar-refractivity contribution in [1.29, 1.82) is 0 Å². The van der Waals surface area contributed by atoms with Crippen molar-refractivity contribution in [2.24, 2.45) is 0 Å². The Kier molecular flexibility index (Phi) is 6.84. The highest BCUT2D eigenvalue weighted by Crippen LogP contribution is 2.23. The predicted octanol–water partition coefficient (Wildman–Crippen LogP) is 2.53. The number of piperidine rings is 1. The maximum atomic E-state index is 12.4. The van der Waals surface area contributed by atoms with Gasteiger partial charge in [0.2, 0.25) is 0 Å². The fourth-order valence-electron chi connectivity index (χ4n) is 2.36. The molecule has 1 aliphatic heterocycles.